The molecule has 0 radical (unpaired) electrons. The standard InChI is InChI=1S/C13H7BrClFN2O3/c14-7-1-3-10(15)12(5-7)17-13(19)9-6-8(18(20)21)2-4-11(9)16/h1-6H,(H,17,19). The molecule has 0 aliphatic rings. The van der Waals surface area contributed by atoms with E-state index in [-0.39, 0.29) is 16.4 Å². The molecule has 0 aromatic heterocycles. The summed E-state index contributed by atoms with van der Waals surface area (Å²) in [6.45, 7) is 0. The third kappa shape index (κ3) is 3.56. The summed E-state index contributed by atoms with van der Waals surface area (Å²) in [4.78, 5) is 22.0. The predicted octanol–water partition coefficient (Wildman–Crippen LogP) is 4.40. The van der Waals surface area contributed by atoms with Gasteiger partial charge in [0.05, 0.1) is 21.2 Å². The second-order valence-electron chi connectivity index (χ2n) is 4.00. The summed E-state index contributed by atoms with van der Waals surface area (Å²) < 4.78 is 14.3. The molecule has 0 aliphatic heterocycles. The molecule has 5 nitrogen and oxygen atoms in total. The summed E-state index contributed by atoms with van der Waals surface area (Å²) >= 11 is 9.13. The SMILES string of the molecule is O=C(Nc1cc(Br)ccc1Cl)c1cc([N+](=O)[O-])ccc1F. The number of nitrogens with one attached hydrogen (secondary N) is 1. The summed E-state index contributed by atoms with van der Waals surface area (Å²) in [5.74, 6) is -1.68. The average Bonchev–Trinajstić information content (AvgIpc) is 2.43. The molecule has 2 aromatic carbocycles. The fourth-order valence-corrected chi connectivity index (χ4v) is 2.11. The van der Waals surface area contributed by atoms with Gasteiger partial charge in [0.2, 0.25) is 0 Å². The molecule has 0 saturated carbocycles. The van der Waals surface area contributed by atoms with E-state index in [1.807, 2.05) is 0 Å². The maximum atomic E-state index is 13.6. The Morgan fingerprint density at radius 1 is 1.29 bits per heavy atom. The van der Waals surface area contributed by atoms with Gasteiger partial charge in [-0.25, -0.2) is 4.39 Å². The van der Waals surface area contributed by atoms with Gasteiger partial charge in [0.25, 0.3) is 11.6 Å². The lowest BCUT2D eigenvalue weighted by Crippen LogP contribution is -2.14. The first-order valence-electron chi connectivity index (χ1n) is 5.59. The van der Waals surface area contributed by atoms with Crippen LogP contribution >= 0.6 is 27.5 Å². The summed E-state index contributed by atoms with van der Waals surface area (Å²) in [7, 11) is 0. The zero-order valence-corrected chi connectivity index (χ0v) is 12.6. The van der Waals surface area contributed by atoms with Gasteiger partial charge in [0.1, 0.15) is 5.82 Å². The lowest BCUT2D eigenvalue weighted by molar-refractivity contribution is -0.384. The van der Waals surface area contributed by atoms with Crippen LogP contribution in [0, 0.1) is 15.9 Å². The molecule has 0 bridgehead atoms. The van der Waals surface area contributed by atoms with E-state index in [1.54, 1.807) is 12.1 Å². The van der Waals surface area contributed by atoms with E-state index in [0.717, 1.165) is 18.2 Å². The Morgan fingerprint density at radius 3 is 2.67 bits per heavy atom. The van der Waals surface area contributed by atoms with Crippen molar-refractivity contribution in [1.29, 1.82) is 0 Å². The minimum Gasteiger partial charge on any atom is -0.321 e. The molecule has 0 aliphatic carbocycles. The third-order valence-corrected chi connectivity index (χ3v) is 3.40. The maximum absolute atomic E-state index is 13.6. The van der Waals surface area contributed by atoms with Crippen molar-refractivity contribution in [1.82, 2.24) is 0 Å². The number of non-ortho nitro benzene ring substituents is 1. The Kier molecular flexibility index (Phi) is 4.54. The zero-order valence-electron chi connectivity index (χ0n) is 10.3. The molecule has 8 heteroatoms. The minimum absolute atomic E-state index is 0.261. The number of nitro benzene ring substituents is 1. The van der Waals surface area contributed by atoms with Crippen molar-refractivity contribution in [3.63, 3.8) is 0 Å². The molecule has 1 amide bonds. The topological polar surface area (TPSA) is 72.2 Å². The first-order valence-corrected chi connectivity index (χ1v) is 6.76. The number of amides is 1. The molecule has 1 N–H and O–H groups in total. The van der Waals surface area contributed by atoms with E-state index < -0.39 is 22.2 Å². The van der Waals surface area contributed by atoms with Crippen LogP contribution in [-0.2, 0) is 0 Å². The fraction of sp³-hybridized carbons (Fsp3) is 0. The molecule has 0 atom stereocenters. The first-order chi connectivity index (χ1) is 9.88. The van der Waals surface area contributed by atoms with Crippen molar-refractivity contribution in [2.45, 2.75) is 0 Å². The van der Waals surface area contributed by atoms with Crippen LogP contribution in [0.15, 0.2) is 40.9 Å². The van der Waals surface area contributed by atoms with Crippen molar-refractivity contribution in [2.75, 3.05) is 5.32 Å². The van der Waals surface area contributed by atoms with Gasteiger partial charge in [-0.05, 0) is 24.3 Å². The number of carbonyl (C=O) groups excluding carboxylic acids is 1. The monoisotopic (exact) mass is 372 g/mol. The van der Waals surface area contributed by atoms with Crippen molar-refractivity contribution in [3.05, 3.63) is 67.4 Å². The molecule has 0 spiro atoms. The fourth-order valence-electron chi connectivity index (χ4n) is 1.58. The van der Waals surface area contributed by atoms with E-state index in [2.05, 4.69) is 21.2 Å². The highest BCUT2D eigenvalue weighted by Crippen LogP contribution is 2.27. The third-order valence-electron chi connectivity index (χ3n) is 2.58. The first kappa shape index (κ1) is 15.4. The lowest BCUT2D eigenvalue weighted by atomic mass is 10.1. The number of rotatable bonds is 3. The molecule has 0 unspecified atom stereocenters. The molecular formula is C13H7BrClFN2O3. The smallest absolute Gasteiger partial charge is 0.270 e. The number of nitro groups is 1. The Balaban J connectivity index is 2.34. The van der Waals surface area contributed by atoms with Crippen molar-refractivity contribution < 1.29 is 14.1 Å². The van der Waals surface area contributed by atoms with Crippen LogP contribution in [0.5, 0.6) is 0 Å². The van der Waals surface area contributed by atoms with Crippen LogP contribution in [0.2, 0.25) is 5.02 Å². The molecule has 21 heavy (non-hydrogen) atoms. The van der Waals surface area contributed by atoms with Crippen LogP contribution in [0.25, 0.3) is 0 Å². The number of benzene rings is 2. The van der Waals surface area contributed by atoms with Gasteiger partial charge in [0, 0.05) is 16.6 Å². The van der Waals surface area contributed by atoms with Gasteiger partial charge in [-0.3, -0.25) is 14.9 Å². The summed E-state index contributed by atoms with van der Waals surface area (Å²) in [5.41, 5.74) is -0.538. The highest BCUT2D eigenvalue weighted by atomic mass is 79.9. The van der Waals surface area contributed by atoms with Gasteiger partial charge in [-0.1, -0.05) is 27.5 Å². The highest BCUT2D eigenvalue weighted by Gasteiger charge is 2.17. The van der Waals surface area contributed by atoms with Crippen LogP contribution in [0.4, 0.5) is 15.8 Å². The predicted molar refractivity (Wildman–Crippen MR) is 80.2 cm³/mol. The summed E-state index contributed by atoms with van der Waals surface area (Å²) in [6, 6.07) is 7.48. The minimum atomic E-state index is -0.857. The normalized spacial score (nSPS) is 10.2. The Morgan fingerprint density at radius 2 is 2.00 bits per heavy atom. The number of carbonyl (C=O) groups is 1. The van der Waals surface area contributed by atoms with Gasteiger partial charge in [-0.2, -0.15) is 0 Å². The van der Waals surface area contributed by atoms with Gasteiger partial charge < -0.3 is 5.32 Å². The molecule has 2 rings (SSSR count). The quantitative estimate of drug-likeness (QED) is 0.640. The van der Waals surface area contributed by atoms with Gasteiger partial charge in [0.15, 0.2) is 0 Å². The highest BCUT2D eigenvalue weighted by molar-refractivity contribution is 9.10. The molecule has 0 heterocycles. The molecule has 0 fully saturated rings. The number of hydrogen-bond acceptors (Lipinski definition) is 3. The van der Waals surface area contributed by atoms with E-state index in [0.29, 0.717) is 4.47 Å². The maximum Gasteiger partial charge on any atom is 0.270 e. The van der Waals surface area contributed by atoms with Crippen LogP contribution in [0.1, 0.15) is 10.4 Å². The molecule has 108 valence electrons. The second-order valence-corrected chi connectivity index (χ2v) is 5.32. The number of hydrogen-bond donors (Lipinski definition) is 1. The van der Waals surface area contributed by atoms with E-state index in [9.17, 15) is 19.3 Å². The van der Waals surface area contributed by atoms with E-state index >= 15 is 0 Å². The number of nitrogens with zero attached hydrogens (tertiary/aromatic N) is 1. The Labute approximate surface area is 132 Å². The number of halogens is 3. The van der Waals surface area contributed by atoms with Crippen LogP contribution in [-0.4, -0.2) is 10.8 Å². The lowest BCUT2D eigenvalue weighted by Gasteiger charge is -2.08. The number of anilines is 1. The van der Waals surface area contributed by atoms with Gasteiger partial charge >= 0.3 is 0 Å². The van der Waals surface area contributed by atoms with E-state index in [4.69, 9.17) is 11.6 Å². The zero-order chi connectivity index (χ0) is 15.6. The Hall–Kier alpha value is -1.99. The molecule has 0 saturated heterocycles. The van der Waals surface area contributed by atoms with Crippen molar-refractivity contribution in [2.24, 2.45) is 0 Å². The van der Waals surface area contributed by atoms with Gasteiger partial charge in [-0.15, -0.1) is 0 Å². The average molecular weight is 374 g/mol. The molecule has 2 aromatic rings. The van der Waals surface area contributed by atoms with Crippen molar-refractivity contribution in [3.8, 4) is 0 Å². The van der Waals surface area contributed by atoms with Crippen LogP contribution < -0.4 is 5.32 Å². The molecular weight excluding hydrogens is 367 g/mol. The second kappa shape index (κ2) is 6.19. The van der Waals surface area contributed by atoms with Crippen molar-refractivity contribution >= 4 is 44.8 Å². The van der Waals surface area contributed by atoms with Crippen LogP contribution in [0.3, 0.4) is 0 Å². The summed E-state index contributed by atoms with van der Waals surface area (Å²) in [6.07, 6.45) is 0. The largest absolute Gasteiger partial charge is 0.321 e. The van der Waals surface area contributed by atoms with E-state index in [1.165, 1.54) is 6.07 Å². The Bertz CT molecular complexity index is 739. The summed E-state index contributed by atoms with van der Waals surface area (Å²) in [5, 5.41) is 13.3.